The number of nitrogens with zero attached hydrogens (tertiary/aromatic N) is 2. The molecule has 0 spiro atoms. The highest BCUT2D eigenvalue weighted by atomic mass is 16.3. The summed E-state index contributed by atoms with van der Waals surface area (Å²) in [5.41, 5.74) is 6.23. The average Bonchev–Trinajstić information content (AvgIpc) is 2.40. The fraction of sp³-hybridized carbons (Fsp3) is 0.375. The maximum Gasteiger partial charge on any atom is 0.236 e. The van der Waals surface area contributed by atoms with Gasteiger partial charge in [-0.3, -0.25) is 9.59 Å². The number of hydrogen-bond donors (Lipinski definition) is 3. The largest absolute Gasteiger partial charge is 0.507 e. The van der Waals surface area contributed by atoms with E-state index >= 15 is 0 Å². The molecule has 0 fully saturated rings. The number of hydrogen-bond acceptors (Lipinski definition) is 5. The van der Waals surface area contributed by atoms with Crippen LogP contribution in [0.25, 0.3) is 0 Å². The number of hydrazone groups is 2. The number of amides is 2. The Balaban J connectivity index is 3.28. The van der Waals surface area contributed by atoms with Crippen LogP contribution in [0.3, 0.4) is 0 Å². The second kappa shape index (κ2) is 7.53. The number of phenols is 1. The van der Waals surface area contributed by atoms with Crippen molar-refractivity contribution < 1.29 is 14.7 Å². The van der Waals surface area contributed by atoms with Crippen LogP contribution in [0.5, 0.6) is 5.75 Å². The van der Waals surface area contributed by atoms with Crippen molar-refractivity contribution in [1.29, 1.82) is 0 Å². The quantitative estimate of drug-likeness (QED) is 0.580. The standard InChI is InChI=1S/C16H22N4O3/c1-10(21)19-17-8-12-6-14(16(3,4)5)7-13(15(12)23)9-18-20-11(2)22/h6-9,23H,1-5H3,(H,19,21)(H,20,22)/b17-8-,18-9-. The zero-order valence-electron chi connectivity index (χ0n) is 14.0. The summed E-state index contributed by atoms with van der Waals surface area (Å²) in [6.07, 6.45) is 2.73. The molecule has 0 aliphatic carbocycles. The van der Waals surface area contributed by atoms with E-state index in [9.17, 15) is 14.7 Å². The fourth-order valence-electron chi connectivity index (χ4n) is 1.70. The Morgan fingerprint density at radius 3 is 1.70 bits per heavy atom. The van der Waals surface area contributed by atoms with E-state index < -0.39 is 0 Å². The third-order valence-corrected chi connectivity index (χ3v) is 2.89. The molecule has 0 saturated heterocycles. The Hall–Kier alpha value is -2.70. The molecule has 124 valence electrons. The van der Waals surface area contributed by atoms with Gasteiger partial charge in [-0.2, -0.15) is 10.2 Å². The second-order valence-electron chi connectivity index (χ2n) is 6.11. The molecule has 0 heterocycles. The summed E-state index contributed by atoms with van der Waals surface area (Å²) in [7, 11) is 0. The summed E-state index contributed by atoms with van der Waals surface area (Å²) in [5, 5.41) is 17.9. The molecular weight excluding hydrogens is 296 g/mol. The topological polar surface area (TPSA) is 103 Å². The third kappa shape index (κ3) is 5.90. The van der Waals surface area contributed by atoms with Crippen LogP contribution in [0, 0.1) is 0 Å². The zero-order valence-corrected chi connectivity index (χ0v) is 14.0. The number of aromatic hydroxyl groups is 1. The number of benzene rings is 1. The lowest BCUT2D eigenvalue weighted by Gasteiger charge is -2.21. The minimum absolute atomic E-state index is 0.0406. The highest BCUT2D eigenvalue weighted by Gasteiger charge is 2.17. The molecule has 1 aromatic carbocycles. The van der Waals surface area contributed by atoms with Gasteiger partial charge in [0.2, 0.25) is 11.8 Å². The van der Waals surface area contributed by atoms with Gasteiger partial charge in [-0.25, -0.2) is 10.9 Å². The minimum Gasteiger partial charge on any atom is -0.507 e. The van der Waals surface area contributed by atoms with Crippen LogP contribution in [0.4, 0.5) is 0 Å². The molecule has 0 aromatic heterocycles. The van der Waals surface area contributed by atoms with Crippen molar-refractivity contribution in [2.24, 2.45) is 10.2 Å². The molecule has 2 amide bonds. The molecule has 1 aromatic rings. The summed E-state index contributed by atoms with van der Waals surface area (Å²) in [6.45, 7) is 8.77. The summed E-state index contributed by atoms with van der Waals surface area (Å²) in [5.74, 6) is -0.651. The van der Waals surface area contributed by atoms with Crippen molar-refractivity contribution in [3.63, 3.8) is 0 Å². The van der Waals surface area contributed by atoms with Gasteiger partial charge in [-0.15, -0.1) is 0 Å². The van der Waals surface area contributed by atoms with Crippen molar-refractivity contribution >= 4 is 24.2 Å². The van der Waals surface area contributed by atoms with E-state index in [2.05, 4.69) is 21.1 Å². The van der Waals surface area contributed by atoms with Crippen LogP contribution in [-0.4, -0.2) is 29.4 Å². The molecule has 0 radical (unpaired) electrons. The lowest BCUT2D eigenvalue weighted by Crippen LogP contribution is -2.15. The normalized spacial score (nSPS) is 11.9. The van der Waals surface area contributed by atoms with E-state index in [4.69, 9.17) is 0 Å². The van der Waals surface area contributed by atoms with Gasteiger partial charge in [0, 0.05) is 25.0 Å². The number of rotatable bonds is 4. The molecule has 0 atom stereocenters. The Morgan fingerprint density at radius 2 is 1.39 bits per heavy atom. The number of carbonyl (C=O) groups is 2. The smallest absolute Gasteiger partial charge is 0.236 e. The van der Waals surface area contributed by atoms with Gasteiger partial charge >= 0.3 is 0 Å². The van der Waals surface area contributed by atoms with Crippen LogP contribution < -0.4 is 10.9 Å². The molecule has 3 N–H and O–H groups in total. The van der Waals surface area contributed by atoms with E-state index in [1.807, 2.05) is 20.8 Å². The fourth-order valence-corrected chi connectivity index (χ4v) is 1.70. The van der Waals surface area contributed by atoms with Gasteiger partial charge < -0.3 is 5.11 Å². The SMILES string of the molecule is CC(=O)N/N=C\c1cc(C(C)(C)C)cc(/C=N\NC(C)=O)c1O. The minimum atomic E-state index is -0.305. The molecule has 0 aliphatic rings. The predicted octanol–water partition coefficient (Wildman–Crippen LogP) is 1.63. The van der Waals surface area contributed by atoms with Gasteiger partial charge in [0.25, 0.3) is 0 Å². The van der Waals surface area contributed by atoms with Gasteiger partial charge in [-0.05, 0) is 23.1 Å². The molecule has 0 unspecified atom stereocenters. The first-order valence-corrected chi connectivity index (χ1v) is 7.08. The summed E-state index contributed by atoms with van der Waals surface area (Å²) in [4.78, 5) is 21.7. The van der Waals surface area contributed by atoms with E-state index in [-0.39, 0.29) is 23.0 Å². The summed E-state index contributed by atoms with van der Waals surface area (Å²) < 4.78 is 0. The molecule has 23 heavy (non-hydrogen) atoms. The molecule has 0 bridgehead atoms. The van der Waals surface area contributed by atoms with Crippen molar-refractivity contribution in [1.82, 2.24) is 10.9 Å². The van der Waals surface area contributed by atoms with Crippen LogP contribution >= 0.6 is 0 Å². The highest BCUT2D eigenvalue weighted by molar-refractivity contribution is 5.93. The maximum atomic E-state index is 10.9. The molecular formula is C16H22N4O3. The van der Waals surface area contributed by atoms with Crippen LogP contribution in [0.1, 0.15) is 51.3 Å². The number of carbonyl (C=O) groups excluding carboxylic acids is 2. The lowest BCUT2D eigenvalue weighted by molar-refractivity contribution is -0.119. The van der Waals surface area contributed by atoms with Crippen LogP contribution in [-0.2, 0) is 15.0 Å². The van der Waals surface area contributed by atoms with Crippen molar-refractivity contribution in [2.75, 3.05) is 0 Å². The third-order valence-electron chi connectivity index (χ3n) is 2.89. The van der Waals surface area contributed by atoms with E-state index in [0.29, 0.717) is 11.1 Å². The molecule has 7 nitrogen and oxygen atoms in total. The van der Waals surface area contributed by atoms with Gasteiger partial charge in [-0.1, -0.05) is 20.8 Å². The number of phenolic OH excluding ortho intramolecular Hbond substituents is 1. The first kappa shape index (κ1) is 18.3. The van der Waals surface area contributed by atoms with Gasteiger partial charge in [0.05, 0.1) is 12.4 Å². The first-order valence-electron chi connectivity index (χ1n) is 7.08. The van der Waals surface area contributed by atoms with Crippen LogP contribution in [0.15, 0.2) is 22.3 Å². The Kier molecular flexibility index (Phi) is 6.01. The first-order chi connectivity index (χ1) is 10.6. The molecule has 7 heteroatoms. The highest BCUT2D eigenvalue weighted by Crippen LogP contribution is 2.29. The van der Waals surface area contributed by atoms with E-state index in [1.54, 1.807) is 12.1 Å². The van der Waals surface area contributed by atoms with E-state index in [1.165, 1.54) is 26.3 Å². The second-order valence-corrected chi connectivity index (χ2v) is 6.11. The summed E-state index contributed by atoms with van der Waals surface area (Å²) >= 11 is 0. The molecule has 0 saturated carbocycles. The predicted molar refractivity (Wildman–Crippen MR) is 89.6 cm³/mol. The number of nitrogens with one attached hydrogen (secondary N) is 2. The maximum absolute atomic E-state index is 10.9. The van der Waals surface area contributed by atoms with Gasteiger partial charge in [0.15, 0.2) is 0 Å². The van der Waals surface area contributed by atoms with Crippen molar-refractivity contribution in [2.45, 2.75) is 40.0 Å². The Morgan fingerprint density at radius 1 is 1.00 bits per heavy atom. The Labute approximate surface area is 135 Å². The molecule has 0 aliphatic heterocycles. The van der Waals surface area contributed by atoms with Crippen molar-refractivity contribution in [3.8, 4) is 5.75 Å². The lowest BCUT2D eigenvalue weighted by atomic mass is 9.85. The van der Waals surface area contributed by atoms with Crippen molar-refractivity contribution in [3.05, 3.63) is 28.8 Å². The van der Waals surface area contributed by atoms with E-state index in [0.717, 1.165) is 5.56 Å². The Bertz CT molecular complexity index is 611. The van der Waals surface area contributed by atoms with Gasteiger partial charge in [0.1, 0.15) is 5.75 Å². The summed E-state index contributed by atoms with van der Waals surface area (Å²) in [6, 6.07) is 3.58. The monoisotopic (exact) mass is 318 g/mol. The average molecular weight is 318 g/mol. The molecule has 1 rings (SSSR count). The zero-order chi connectivity index (χ0) is 17.6. The van der Waals surface area contributed by atoms with Crippen LogP contribution in [0.2, 0.25) is 0 Å².